The lowest BCUT2D eigenvalue weighted by Crippen LogP contribution is -2.20. The lowest BCUT2D eigenvalue weighted by atomic mass is 9.91. The van der Waals surface area contributed by atoms with Crippen LogP contribution in [0.5, 0.6) is 5.88 Å². The minimum Gasteiger partial charge on any atom is -0.476 e. The van der Waals surface area contributed by atoms with Crippen LogP contribution in [-0.2, 0) is 20.2 Å². The van der Waals surface area contributed by atoms with Crippen LogP contribution in [0, 0.1) is 5.92 Å². The van der Waals surface area contributed by atoms with Crippen LogP contribution in [-0.4, -0.2) is 44.5 Å². The molecule has 1 saturated carbocycles. The lowest BCUT2D eigenvalue weighted by Gasteiger charge is -2.15. The number of benzene rings is 2. The maximum Gasteiger partial charge on any atom is 0.262 e. The Morgan fingerprint density at radius 3 is 2.60 bits per heavy atom. The molecule has 4 aromatic rings. The Balaban J connectivity index is 1.39. The van der Waals surface area contributed by atoms with Crippen LogP contribution >= 0.6 is 0 Å². The van der Waals surface area contributed by atoms with Gasteiger partial charge in [-0.1, -0.05) is 31.2 Å². The van der Waals surface area contributed by atoms with E-state index in [0.29, 0.717) is 12.2 Å². The van der Waals surface area contributed by atoms with E-state index in [4.69, 9.17) is 4.74 Å². The summed E-state index contributed by atoms with van der Waals surface area (Å²) in [5.41, 5.74) is 3.86. The van der Waals surface area contributed by atoms with Gasteiger partial charge in [-0.3, -0.25) is 14.5 Å². The number of sulfonamides is 1. The predicted molar refractivity (Wildman–Crippen MR) is 155 cm³/mol. The second-order valence-electron chi connectivity index (χ2n) is 10.5. The van der Waals surface area contributed by atoms with Crippen molar-refractivity contribution in [1.82, 2.24) is 15.3 Å². The molecule has 2 aromatic carbocycles. The molecule has 2 unspecified atom stereocenters. The molecule has 0 bridgehead atoms. The molecule has 2 atom stereocenters. The zero-order valence-electron chi connectivity index (χ0n) is 22.4. The molecule has 0 saturated heterocycles. The van der Waals surface area contributed by atoms with Crippen molar-refractivity contribution in [1.29, 1.82) is 0 Å². The molecule has 40 heavy (non-hydrogen) atoms. The molecule has 1 aliphatic heterocycles. The van der Waals surface area contributed by atoms with Gasteiger partial charge in [-0.2, -0.15) is 0 Å². The Morgan fingerprint density at radius 2 is 1.85 bits per heavy atom. The van der Waals surface area contributed by atoms with E-state index in [9.17, 15) is 13.2 Å². The smallest absolute Gasteiger partial charge is 0.262 e. The summed E-state index contributed by atoms with van der Waals surface area (Å²) in [6.07, 6.45) is 5.94. The Bertz CT molecular complexity index is 1710. The highest BCUT2D eigenvalue weighted by Crippen LogP contribution is 2.61. The first-order valence-corrected chi connectivity index (χ1v) is 14.9. The third-order valence-corrected chi connectivity index (χ3v) is 9.20. The molecule has 2 aromatic heterocycles. The van der Waals surface area contributed by atoms with Crippen LogP contribution in [0.3, 0.4) is 0 Å². The number of carbonyl (C=O) groups excluding carboxylic acids is 1. The van der Waals surface area contributed by atoms with E-state index >= 15 is 0 Å². The Morgan fingerprint density at radius 1 is 1.05 bits per heavy atom. The SMILES string of the molecule is CNCCCCOc1ncc(-c2ccc3ncc4c(c3c2)C2(CC2C)C(=O)N4)cc1NS(=O)(=O)c1ccccc1. The standard InChI is InChI=1S/C30H31N5O4S/c1-19-16-30(19)27-23-14-20(10-11-24(23)32-18-26(27)34-29(30)36)21-15-25(28(33-17-21)39-13-7-6-12-31-2)35-40(37,38)22-8-4-3-5-9-22/h3-5,8-11,14-15,17-19,31,35H,6-7,12-13,16H2,1-2H3,(H,34,36). The molecular weight excluding hydrogens is 526 g/mol. The van der Waals surface area contributed by atoms with Crippen LogP contribution in [0.15, 0.2) is 71.9 Å². The molecule has 206 valence electrons. The zero-order valence-corrected chi connectivity index (χ0v) is 23.2. The summed E-state index contributed by atoms with van der Waals surface area (Å²) in [5.74, 6) is 0.509. The molecule has 1 spiro atoms. The molecular formula is C30H31N5O4S. The molecule has 1 amide bonds. The van der Waals surface area contributed by atoms with Crippen LogP contribution in [0.25, 0.3) is 22.0 Å². The van der Waals surface area contributed by atoms with Gasteiger partial charge in [0.05, 0.1) is 34.3 Å². The fourth-order valence-corrected chi connectivity index (χ4v) is 6.63. The summed E-state index contributed by atoms with van der Waals surface area (Å²) in [7, 11) is -1.97. The van der Waals surface area contributed by atoms with E-state index in [1.807, 2.05) is 25.2 Å². The topological polar surface area (TPSA) is 122 Å². The third kappa shape index (κ3) is 4.56. The van der Waals surface area contributed by atoms with E-state index < -0.39 is 15.4 Å². The van der Waals surface area contributed by atoms with Crippen molar-refractivity contribution >= 4 is 38.2 Å². The molecule has 1 fully saturated rings. The van der Waals surface area contributed by atoms with E-state index in [0.717, 1.165) is 53.5 Å². The van der Waals surface area contributed by atoms with Gasteiger partial charge in [0.2, 0.25) is 11.8 Å². The van der Waals surface area contributed by atoms with Crippen molar-refractivity contribution in [3.8, 4) is 17.0 Å². The molecule has 6 rings (SSSR count). The zero-order chi connectivity index (χ0) is 27.9. The highest BCUT2D eigenvalue weighted by atomic mass is 32.2. The van der Waals surface area contributed by atoms with Crippen LogP contribution < -0.4 is 20.1 Å². The average molecular weight is 558 g/mol. The largest absolute Gasteiger partial charge is 0.476 e. The Labute approximate surface area is 233 Å². The molecule has 2 aliphatic rings. The number of amides is 1. The number of nitrogens with zero attached hydrogens (tertiary/aromatic N) is 2. The summed E-state index contributed by atoms with van der Waals surface area (Å²) in [4.78, 5) is 22.1. The van der Waals surface area contributed by atoms with Crippen molar-refractivity contribution in [3.63, 3.8) is 0 Å². The van der Waals surface area contributed by atoms with Gasteiger partial charge in [-0.05, 0) is 74.7 Å². The molecule has 3 N–H and O–H groups in total. The fourth-order valence-electron chi connectivity index (χ4n) is 5.56. The number of unbranched alkanes of at least 4 members (excludes halogenated alkanes) is 1. The maximum absolute atomic E-state index is 13.2. The quantitative estimate of drug-likeness (QED) is 0.242. The Kier molecular flexibility index (Phi) is 6.67. The number of hydrogen-bond acceptors (Lipinski definition) is 7. The molecule has 0 radical (unpaired) electrons. The van der Waals surface area contributed by atoms with E-state index in [1.165, 1.54) is 0 Å². The summed E-state index contributed by atoms with van der Waals surface area (Å²) in [6, 6.07) is 15.8. The van der Waals surface area contributed by atoms with Gasteiger partial charge < -0.3 is 15.4 Å². The second-order valence-corrected chi connectivity index (χ2v) is 12.1. The number of anilines is 2. The van der Waals surface area contributed by atoms with Crippen molar-refractivity contribution in [3.05, 3.63) is 72.6 Å². The minimum absolute atomic E-state index is 0.0326. The van der Waals surface area contributed by atoms with Crippen molar-refractivity contribution in [2.45, 2.75) is 36.5 Å². The predicted octanol–water partition coefficient (Wildman–Crippen LogP) is 4.71. The van der Waals surface area contributed by atoms with Crippen molar-refractivity contribution in [2.75, 3.05) is 30.2 Å². The first-order chi connectivity index (χ1) is 19.3. The highest BCUT2D eigenvalue weighted by molar-refractivity contribution is 7.92. The summed E-state index contributed by atoms with van der Waals surface area (Å²) >= 11 is 0. The van der Waals surface area contributed by atoms with Gasteiger partial charge >= 0.3 is 0 Å². The number of nitrogens with one attached hydrogen (secondary N) is 3. The van der Waals surface area contributed by atoms with E-state index in [1.54, 1.807) is 48.8 Å². The van der Waals surface area contributed by atoms with Crippen LogP contribution in [0.2, 0.25) is 0 Å². The van der Waals surface area contributed by atoms with E-state index in [-0.39, 0.29) is 28.3 Å². The normalized spacial score (nSPS) is 19.4. The third-order valence-electron chi connectivity index (χ3n) is 7.82. The molecule has 9 nitrogen and oxygen atoms in total. The molecule has 3 heterocycles. The van der Waals surface area contributed by atoms with Gasteiger partial charge in [-0.25, -0.2) is 13.4 Å². The second kappa shape index (κ2) is 10.2. The number of rotatable bonds is 10. The van der Waals surface area contributed by atoms with Crippen molar-refractivity contribution in [2.24, 2.45) is 5.92 Å². The minimum atomic E-state index is -3.87. The highest BCUT2D eigenvalue weighted by Gasteiger charge is 2.63. The van der Waals surface area contributed by atoms with Crippen molar-refractivity contribution < 1.29 is 17.9 Å². The van der Waals surface area contributed by atoms with Gasteiger partial charge in [0, 0.05) is 22.7 Å². The fraction of sp³-hybridized carbons (Fsp3) is 0.300. The number of carbonyl (C=O) groups is 1. The monoisotopic (exact) mass is 557 g/mol. The average Bonchev–Trinajstić information content (AvgIpc) is 3.55. The Hall–Kier alpha value is -4.02. The number of pyridine rings is 2. The summed E-state index contributed by atoms with van der Waals surface area (Å²) < 4.78 is 35.0. The van der Waals surface area contributed by atoms with Gasteiger partial charge in [-0.15, -0.1) is 0 Å². The number of hydrogen-bond donors (Lipinski definition) is 3. The lowest BCUT2D eigenvalue weighted by molar-refractivity contribution is -0.118. The maximum atomic E-state index is 13.2. The van der Waals surface area contributed by atoms with Gasteiger partial charge in [0.1, 0.15) is 5.69 Å². The number of fused-ring (bicyclic) bond motifs is 4. The number of aromatic nitrogens is 2. The van der Waals surface area contributed by atoms with Gasteiger partial charge in [0.25, 0.3) is 10.0 Å². The van der Waals surface area contributed by atoms with Crippen LogP contribution in [0.4, 0.5) is 11.4 Å². The van der Waals surface area contributed by atoms with Gasteiger partial charge in [0.15, 0.2) is 0 Å². The number of ether oxygens (including phenoxy) is 1. The first-order valence-electron chi connectivity index (χ1n) is 13.4. The molecule has 10 heteroatoms. The molecule has 1 aliphatic carbocycles. The van der Waals surface area contributed by atoms with Crippen LogP contribution in [0.1, 0.15) is 31.7 Å². The summed E-state index contributed by atoms with van der Waals surface area (Å²) in [6.45, 7) is 3.37. The first kappa shape index (κ1) is 26.2. The van der Waals surface area contributed by atoms with E-state index in [2.05, 4.69) is 32.2 Å². The summed E-state index contributed by atoms with van der Waals surface area (Å²) in [5, 5.41) is 7.03.